The third-order valence-electron chi connectivity index (χ3n) is 3.26. The van der Waals surface area contributed by atoms with Crippen molar-refractivity contribution < 1.29 is 14.3 Å². The van der Waals surface area contributed by atoms with Crippen molar-refractivity contribution in [1.29, 1.82) is 0 Å². The average molecular weight is 253 g/mol. The fourth-order valence-corrected chi connectivity index (χ4v) is 2.16. The summed E-state index contributed by atoms with van der Waals surface area (Å²) in [6.07, 6.45) is 2.09. The number of hydrogen-bond acceptors (Lipinski definition) is 2. The van der Waals surface area contributed by atoms with Crippen LogP contribution in [0.4, 0.5) is 4.39 Å². The van der Waals surface area contributed by atoms with Crippen LogP contribution < -0.4 is 0 Å². The van der Waals surface area contributed by atoms with Crippen molar-refractivity contribution in [2.75, 3.05) is 7.05 Å². The lowest BCUT2D eigenvalue weighted by Gasteiger charge is -2.26. The summed E-state index contributed by atoms with van der Waals surface area (Å²) in [7, 11) is 2.00. The number of carboxylic acids is 1. The van der Waals surface area contributed by atoms with Crippen LogP contribution in [0, 0.1) is 5.82 Å². The zero-order chi connectivity index (χ0) is 13.7. The number of nitrogens with zero attached hydrogens (tertiary/aromatic N) is 1. The van der Waals surface area contributed by atoms with Crippen molar-refractivity contribution in [3.63, 3.8) is 0 Å². The van der Waals surface area contributed by atoms with Gasteiger partial charge in [0.25, 0.3) is 0 Å². The van der Waals surface area contributed by atoms with E-state index in [9.17, 15) is 9.18 Å². The van der Waals surface area contributed by atoms with Crippen molar-refractivity contribution in [1.82, 2.24) is 4.90 Å². The molecule has 18 heavy (non-hydrogen) atoms. The van der Waals surface area contributed by atoms with Crippen LogP contribution in [0.3, 0.4) is 0 Å². The Morgan fingerprint density at radius 1 is 1.39 bits per heavy atom. The minimum atomic E-state index is -1.23. The van der Waals surface area contributed by atoms with Gasteiger partial charge in [-0.05, 0) is 37.6 Å². The lowest BCUT2D eigenvalue weighted by Crippen LogP contribution is -2.30. The van der Waals surface area contributed by atoms with E-state index in [0.29, 0.717) is 12.6 Å². The van der Waals surface area contributed by atoms with E-state index in [1.54, 1.807) is 6.07 Å². The molecule has 0 fully saturated rings. The predicted octanol–water partition coefficient (Wildman–Crippen LogP) is 3.14. The summed E-state index contributed by atoms with van der Waals surface area (Å²) < 4.78 is 13.5. The third kappa shape index (κ3) is 3.53. The maximum Gasteiger partial charge on any atom is 0.338 e. The monoisotopic (exact) mass is 253 g/mol. The van der Waals surface area contributed by atoms with Gasteiger partial charge in [-0.3, -0.25) is 4.90 Å². The van der Waals surface area contributed by atoms with E-state index in [-0.39, 0.29) is 5.56 Å². The molecule has 1 aromatic rings. The Labute approximate surface area is 107 Å². The largest absolute Gasteiger partial charge is 0.478 e. The smallest absolute Gasteiger partial charge is 0.338 e. The topological polar surface area (TPSA) is 40.5 Å². The van der Waals surface area contributed by atoms with Crippen LogP contribution in [-0.2, 0) is 6.54 Å². The van der Waals surface area contributed by atoms with Gasteiger partial charge >= 0.3 is 5.97 Å². The van der Waals surface area contributed by atoms with Crippen LogP contribution in [-0.4, -0.2) is 29.1 Å². The van der Waals surface area contributed by atoms with E-state index in [1.807, 2.05) is 7.05 Å². The summed E-state index contributed by atoms with van der Waals surface area (Å²) in [6, 6.07) is 4.77. The van der Waals surface area contributed by atoms with Crippen LogP contribution in [0.15, 0.2) is 18.2 Å². The molecule has 0 amide bonds. The second-order valence-corrected chi connectivity index (χ2v) is 4.50. The summed E-state index contributed by atoms with van der Waals surface area (Å²) in [5.74, 6) is -1.90. The highest BCUT2D eigenvalue weighted by atomic mass is 19.1. The molecule has 1 rings (SSSR count). The first-order valence-corrected chi connectivity index (χ1v) is 6.21. The van der Waals surface area contributed by atoms with Crippen molar-refractivity contribution in [3.8, 4) is 0 Å². The summed E-state index contributed by atoms with van der Waals surface area (Å²) in [5.41, 5.74) is 0.524. The van der Waals surface area contributed by atoms with Gasteiger partial charge in [-0.25, -0.2) is 9.18 Å². The zero-order valence-corrected chi connectivity index (χ0v) is 11.1. The molecule has 0 bridgehead atoms. The molecule has 0 saturated carbocycles. The number of carboxylic acid groups (broad SMARTS) is 1. The summed E-state index contributed by atoms with van der Waals surface area (Å²) in [6.45, 7) is 4.88. The van der Waals surface area contributed by atoms with Crippen LogP contribution in [0.5, 0.6) is 0 Å². The molecule has 1 N–H and O–H groups in total. The molecule has 0 aliphatic rings. The lowest BCUT2D eigenvalue weighted by molar-refractivity contribution is 0.0692. The van der Waals surface area contributed by atoms with Crippen molar-refractivity contribution in [3.05, 3.63) is 35.1 Å². The summed E-state index contributed by atoms with van der Waals surface area (Å²) in [4.78, 5) is 12.9. The standard InChI is InChI=1S/C14H20FNO2/c1-4-11(5-2)16(3)9-10-6-7-12(14(17)18)13(15)8-10/h6-8,11H,4-5,9H2,1-3H3,(H,17,18). The Hall–Kier alpha value is -1.42. The second-order valence-electron chi connectivity index (χ2n) is 4.50. The fourth-order valence-electron chi connectivity index (χ4n) is 2.16. The molecule has 0 saturated heterocycles. The first-order chi connectivity index (χ1) is 8.49. The highest BCUT2D eigenvalue weighted by Crippen LogP contribution is 2.15. The molecule has 0 atom stereocenters. The van der Waals surface area contributed by atoms with E-state index in [2.05, 4.69) is 18.7 Å². The van der Waals surface area contributed by atoms with Gasteiger partial charge in [0.1, 0.15) is 5.82 Å². The molecule has 0 aliphatic heterocycles. The molecule has 0 spiro atoms. The van der Waals surface area contributed by atoms with Gasteiger partial charge in [0, 0.05) is 12.6 Å². The van der Waals surface area contributed by atoms with Gasteiger partial charge in [0.15, 0.2) is 0 Å². The quantitative estimate of drug-likeness (QED) is 0.846. The minimum absolute atomic E-state index is 0.274. The van der Waals surface area contributed by atoms with Crippen molar-refractivity contribution in [2.45, 2.75) is 39.3 Å². The SMILES string of the molecule is CCC(CC)N(C)Cc1ccc(C(=O)O)c(F)c1. The van der Waals surface area contributed by atoms with E-state index in [0.717, 1.165) is 18.4 Å². The normalized spacial score (nSPS) is 11.2. The molecule has 0 aromatic heterocycles. The fraction of sp³-hybridized carbons (Fsp3) is 0.500. The zero-order valence-electron chi connectivity index (χ0n) is 11.1. The maximum atomic E-state index is 13.5. The van der Waals surface area contributed by atoms with Crippen LogP contribution in [0.2, 0.25) is 0 Å². The molecular weight excluding hydrogens is 233 g/mol. The molecule has 1 aromatic carbocycles. The second kappa shape index (κ2) is 6.50. The number of halogens is 1. The molecule has 0 aliphatic carbocycles. The van der Waals surface area contributed by atoms with E-state index in [4.69, 9.17) is 5.11 Å². The van der Waals surface area contributed by atoms with Gasteiger partial charge in [-0.2, -0.15) is 0 Å². The minimum Gasteiger partial charge on any atom is -0.478 e. The Balaban J connectivity index is 2.80. The Morgan fingerprint density at radius 2 is 2.00 bits per heavy atom. The molecule has 100 valence electrons. The summed E-state index contributed by atoms with van der Waals surface area (Å²) in [5, 5.41) is 8.75. The molecule has 4 heteroatoms. The molecule has 0 unspecified atom stereocenters. The number of rotatable bonds is 6. The van der Waals surface area contributed by atoms with Crippen molar-refractivity contribution >= 4 is 5.97 Å². The Kier molecular flexibility index (Phi) is 5.28. The molecular formula is C14H20FNO2. The van der Waals surface area contributed by atoms with E-state index >= 15 is 0 Å². The van der Waals surface area contributed by atoms with Gasteiger partial charge in [0.2, 0.25) is 0 Å². The third-order valence-corrected chi connectivity index (χ3v) is 3.26. The molecule has 0 heterocycles. The first kappa shape index (κ1) is 14.6. The van der Waals surface area contributed by atoms with Gasteiger partial charge in [-0.15, -0.1) is 0 Å². The number of hydrogen-bond donors (Lipinski definition) is 1. The maximum absolute atomic E-state index is 13.5. The molecule has 3 nitrogen and oxygen atoms in total. The number of carbonyl (C=O) groups is 1. The van der Waals surface area contributed by atoms with Crippen LogP contribution >= 0.6 is 0 Å². The predicted molar refractivity (Wildman–Crippen MR) is 69.2 cm³/mol. The van der Waals surface area contributed by atoms with Gasteiger partial charge in [-0.1, -0.05) is 19.9 Å². The Morgan fingerprint density at radius 3 is 2.44 bits per heavy atom. The van der Waals surface area contributed by atoms with E-state index in [1.165, 1.54) is 12.1 Å². The van der Waals surface area contributed by atoms with Gasteiger partial charge < -0.3 is 5.11 Å². The highest BCUT2D eigenvalue weighted by Gasteiger charge is 2.14. The Bertz CT molecular complexity index is 416. The van der Waals surface area contributed by atoms with Crippen LogP contribution in [0.1, 0.15) is 42.6 Å². The van der Waals surface area contributed by atoms with Crippen LogP contribution in [0.25, 0.3) is 0 Å². The number of aromatic carboxylic acids is 1. The lowest BCUT2D eigenvalue weighted by atomic mass is 10.1. The van der Waals surface area contributed by atoms with E-state index < -0.39 is 11.8 Å². The number of benzene rings is 1. The first-order valence-electron chi connectivity index (χ1n) is 6.21. The summed E-state index contributed by atoms with van der Waals surface area (Å²) >= 11 is 0. The average Bonchev–Trinajstić information content (AvgIpc) is 2.30. The van der Waals surface area contributed by atoms with Gasteiger partial charge in [0.05, 0.1) is 5.56 Å². The van der Waals surface area contributed by atoms with Crippen molar-refractivity contribution in [2.24, 2.45) is 0 Å². The highest BCUT2D eigenvalue weighted by molar-refractivity contribution is 5.87. The molecule has 0 radical (unpaired) electrons.